The van der Waals surface area contributed by atoms with Gasteiger partial charge >= 0.3 is 0 Å². The maximum Gasteiger partial charge on any atom is 0.259 e. The van der Waals surface area contributed by atoms with Gasteiger partial charge in [-0.25, -0.2) is 9.97 Å². The lowest BCUT2D eigenvalue weighted by molar-refractivity contribution is 0.301. The molecule has 144 valence electrons. The van der Waals surface area contributed by atoms with Crippen LogP contribution < -0.4 is 16.6 Å². The fourth-order valence-electron chi connectivity index (χ4n) is 3.86. The van der Waals surface area contributed by atoms with E-state index in [0.717, 1.165) is 41.3 Å². The first-order valence-corrected chi connectivity index (χ1v) is 9.51. The molecule has 4 rings (SSSR count). The molecule has 0 atom stereocenters. The molecular formula is C21H24N6O. The molecule has 0 unspecified atom stereocenters. The Bertz CT molecular complexity index is 1130. The Morgan fingerprint density at radius 1 is 1.36 bits per heavy atom. The first-order valence-electron chi connectivity index (χ1n) is 9.51. The zero-order valence-electron chi connectivity index (χ0n) is 16.1. The molecule has 1 aromatic carbocycles. The summed E-state index contributed by atoms with van der Waals surface area (Å²) in [6.45, 7) is 4.06. The lowest BCUT2D eigenvalue weighted by Gasteiger charge is -2.31. The first kappa shape index (κ1) is 18.2. The SMILES string of the molecule is CC(=N)c1c(N)ncnc1NCc1cc2cccc(C)c2c(=O)n1C1CCC1. The largest absolute Gasteiger partial charge is 0.383 e. The van der Waals surface area contributed by atoms with Crippen molar-refractivity contribution in [1.82, 2.24) is 14.5 Å². The van der Waals surface area contributed by atoms with Crippen molar-refractivity contribution in [3.63, 3.8) is 0 Å². The zero-order chi connectivity index (χ0) is 19.8. The fraction of sp³-hybridized carbons (Fsp3) is 0.333. The van der Waals surface area contributed by atoms with Crippen molar-refractivity contribution >= 4 is 28.1 Å². The maximum atomic E-state index is 13.3. The van der Waals surface area contributed by atoms with Crippen molar-refractivity contribution < 1.29 is 0 Å². The molecule has 0 radical (unpaired) electrons. The highest BCUT2D eigenvalue weighted by Crippen LogP contribution is 2.32. The quantitative estimate of drug-likeness (QED) is 0.591. The zero-order valence-corrected chi connectivity index (χ0v) is 16.1. The van der Waals surface area contributed by atoms with Crippen LogP contribution in [0.4, 0.5) is 11.6 Å². The number of nitrogen functional groups attached to an aromatic ring is 1. The van der Waals surface area contributed by atoms with Gasteiger partial charge in [0.1, 0.15) is 18.0 Å². The van der Waals surface area contributed by atoms with E-state index in [4.69, 9.17) is 11.1 Å². The Labute approximate surface area is 163 Å². The Morgan fingerprint density at radius 2 is 2.14 bits per heavy atom. The number of hydrogen-bond acceptors (Lipinski definition) is 6. The lowest BCUT2D eigenvalue weighted by atomic mass is 9.91. The average molecular weight is 376 g/mol. The van der Waals surface area contributed by atoms with Crippen molar-refractivity contribution in [2.24, 2.45) is 0 Å². The van der Waals surface area contributed by atoms with Gasteiger partial charge in [0, 0.05) is 17.4 Å². The highest BCUT2D eigenvalue weighted by atomic mass is 16.1. The predicted octanol–water partition coefficient (Wildman–Crippen LogP) is 3.41. The van der Waals surface area contributed by atoms with E-state index in [1.165, 1.54) is 6.33 Å². The highest BCUT2D eigenvalue weighted by molar-refractivity contribution is 6.04. The summed E-state index contributed by atoms with van der Waals surface area (Å²) in [6.07, 6.45) is 4.58. The van der Waals surface area contributed by atoms with Gasteiger partial charge in [0.25, 0.3) is 5.56 Å². The Morgan fingerprint density at radius 3 is 2.82 bits per heavy atom. The van der Waals surface area contributed by atoms with E-state index in [-0.39, 0.29) is 17.4 Å². The van der Waals surface area contributed by atoms with Crippen molar-refractivity contribution in [2.45, 2.75) is 45.7 Å². The van der Waals surface area contributed by atoms with Crippen LogP contribution in [-0.4, -0.2) is 20.2 Å². The second-order valence-electron chi connectivity index (χ2n) is 7.40. The number of rotatable bonds is 5. The van der Waals surface area contributed by atoms with Gasteiger partial charge in [-0.05, 0) is 50.1 Å². The van der Waals surface area contributed by atoms with Crippen LogP contribution in [0.15, 0.2) is 35.4 Å². The number of anilines is 2. The van der Waals surface area contributed by atoms with Crippen LogP contribution in [0.2, 0.25) is 0 Å². The highest BCUT2D eigenvalue weighted by Gasteiger charge is 2.24. The number of nitrogens with two attached hydrogens (primary N) is 1. The molecule has 1 saturated carbocycles. The number of pyridine rings is 1. The van der Waals surface area contributed by atoms with E-state index in [9.17, 15) is 4.79 Å². The number of hydrogen-bond donors (Lipinski definition) is 3. The number of nitrogens with zero attached hydrogens (tertiary/aromatic N) is 3. The number of aryl methyl sites for hydroxylation is 1. The molecule has 0 aliphatic heterocycles. The third-order valence-electron chi connectivity index (χ3n) is 5.50. The molecule has 0 spiro atoms. The number of fused-ring (bicyclic) bond motifs is 1. The molecule has 7 heteroatoms. The Balaban J connectivity index is 1.78. The van der Waals surface area contributed by atoms with Gasteiger partial charge in [-0.2, -0.15) is 0 Å². The molecule has 1 aliphatic carbocycles. The summed E-state index contributed by atoms with van der Waals surface area (Å²) < 4.78 is 1.94. The number of benzene rings is 1. The topological polar surface area (TPSA) is 110 Å². The normalized spacial score (nSPS) is 14.1. The predicted molar refractivity (Wildman–Crippen MR) is 112 cm³/mol. The van der Waals surface area contributed by atoms with Crippen LogP contribution in [0.25, 0.3) is 10.8 Å². The number of nitrogens with one attached hydrogen (secondary N) is 2. The van der Waals surface area contributed by atoms with Crippen LogP contribution in [0.1, 0.15) is 49.0 Å². The fourth-order valence-corrected chi connectivity index (χ4v) is 3.86. The molecule has 1 aliphatic rings. The molecular weight excluding hydrogens is 352 g/mol. The summed E-state index contributed by atoms with van der Waals surface area (Å²) in [5, 5.41) is 13.0. The van der Waals surface area contributed by atoms with Crippen LogP contribution in [0, 0.1) is 12.3 Å². The molecule has 4 N–H and O–H groups in total. The van der Waals surface area contributed by atoms with E-state index < -0.39 is 0 Å². The molecule has 0 amide bonds. The number of aromatic nitrogens is 3. The Kier molecular flexibility index (Phi) is 4.58. The van der Waals surface area contributed by atoms with Crippen LogP contribution >= 0.6 is 0 Å². The molecule has 0 saturated heterocycles. The summed E-state index contributed by atoms with van der Waals surface area (Å²) in [5.41, 5.74) is 8.71. The second-order valence-corrected chi connectivity index (χ2v) is 7.40. The van der Waals surface area contributed by atoms with E-state index in [1.54, 1.807) is 6.92 Å². The van der Waals surface area contributed by atoms with Crippen LogP contribution in [0.3, 0.4) is 0 Å². The monoisotopic (exact) mass is 376 g/mol. The molecule has 7 nitrogen and oxygen atoms in total. The van der Waals surface area contributed by atoms with Crippen molar-refractivity contribution in [3.05, 3.63) is 57.8 Å². The van der Waals surface area contributed by atoms with Crippen LogP contribution in [0.5, 0.6) is 0 Å². The molecule has 1 fully saturated rings. The standard InChI is InChI=1S/C21H24N6O/c1-12-5-3-6-14-9-16(27(15-7-4-8-15)21(28)17(12)14)10-24-20-18(13(2)22)19(23)25-11-26-20/h3,5-6,9,11,15,22H,4,7-8,10H2,1-2H3,(H3,23,24,25,26). The van der Waals surface area contributed by atoms with Crippen LogP contribution in [-0.2, 0) is 6.54 Å². The van der Waals surface area contributed by atoms with Crippen molar-refractivity contribution in [3.8, 4) is 0 Å². The third kappa shape index (κ3) is 3.02. The van der Waals surface area contributed by atoms with E-state index >= 15 is 0 Å². The first-order chi connectivity index (χ1) is 13.5. The van der Waals surface area contributed by atoms with Gasteiger partial charge in [0.05, 0.1) is 17.5 Å². The maximum absolute atomic E-state index is 13.3. The smallest absolute Gasteiger partial charge is 0.259 e. The molecule has 0 bridgehead atoms. The minimum absolute atomic E-state index is 0.0720. The second kappa shape index (κ2) is 7.07. The van der Waals surface area contributed by atoms with Gasteiger partial charge in [0.2, 0.25) is 0 Å². The average Bonchev–Trinajstić information content (AvgIpc) is 2.60. The minimum atomic E-state index is 0.0720. The lowest BCUT2D eigenvalue weighted by Crippen LogP contribution is -2.32. The van der Waals surface area contributed by atoms with Gasteiger partial charge < -0.3 is 21.0 Å². The molecule has 2 aromatic heterocycles. The van der Waals surface area contributed by atoms with Crippen molar-refractivity contribution in [2.75, 3.05) is 11.1 Å². The molecule has 28 heavy (non-hydrogen) atoms. The van der Waals surface area contributed by atoms with E-state index in [1.807, 2.05) is 29.7 Å². The summed E-state index contributed by atoms with van der Waals surface area (Å²) in [4.78, 5) is 21.5. The van der Waals surface area contributed by atoms with E-state index in [2.05, 4.69) is 21.4 Å². The third-order valence-corrected chi connectivity index (χ3v) is 5.50. The van der Waals surface area contributed by atoms with Gasteiger partial charge in [-0.15, -0.1) is 0 Å². The molecule has 2 heterocycles. The summed E-state index contributed by atoms with van der Waals surface area (Å²) >= 11 is 0. The Hall–Kier alpha value is -3.22. The summed E-state index contributed by atoms with van der Waals surface area (Å²) in [5.74, 6) is 0.785. The van der Waals surface area contributed by atoms with Gasteiger partial charge in [0.15, 0.2) is 0 Å². The van der Waals surface area contributed by atoms with E-state index in [0.29, 0.717) is 23.6 Å². The summed E-state index contributed by atoms with van der Waals surface area (Å²) in [6, 6.07) is 8.26. The minimum Gasteiger partial charge on any atom is -0.383 e. The van der Waals surface area contributed by atoms with Gasteiger partial charge in [-0.3, -0.25) is 4.79 Å². The van der Waals surface area contributed by atoms with Crippen molar-refractivity contribution in [1.29, 1.82) is 5.41 Å². The molecule has 3 aromatic rings. The summed E-state index contributed by atoms with van der Waals surface area (Å²) in [7, 11) is 0. The van der Waals surface area contributed by atoms with Gasteiger partial charge in [-0.1, -0.05) is 18.2 Å².